The van der Waals surface area contributed by atoms with Crippen LogP contribution in [0.25, 0.3) is 0 Å². The van der Waals surface area contributed by atoms with Crippen molar-refractivity contribution < 1.29 is 4.79 Å². The van der Waals surface area contributed by atoms with Gasteiger partial charge in [0.15, 0.2) is 0 Å². The molecule has 0 aliphatic carbocycles. The van der Waals surface area contributed by atoms with E-state index in [1.165, 1.54) is 6.42 Å². The van der Waals surface area contributed by atoms with E-state index in [1.807, 2.05) is 13.0 Å². The van der Waals surface area contributed by atoms with Gasteiger partial charge in [-0.2, -0.15) is 0 Å². The summed E-state index contributed by atoms with van der Waals surface area (Å²) in [5.74, 6) is 0.390. The zero-order chi connectivity index (χ0) is 9.94. The molecule has 0 amide bonds. The van der Waals surface area contributed by atoms with Gasteiger partial charge in [0.05, 0.1) is 0 Å². The first-order valence-electron chi connectivity index (χ1n) is 5.10. The molecule has 0 aromatic rings. The highest BCUT2D eigenvalue weighted by atomic mass is 16.1. The molecule has 13 heavy (non-hydrogen) atoms. The first kappa shape index (κ1) is 12.2. The molecule has 0 bridgehead atoms. The van der Waals surface area contributed by atoms with Crippen molar-refractivity contribution in [3.63, 3.8) is 0 Å². The Bertz CT molecular complexity index is 168. The summed E-state index contributed by atoms with van der Waals surface area (Å²) in [7, 11) is 0. The molecule has 0 heterocycles. The molecule has 0 spiro atoms. The van der Waals surface area contributed by atoms with E-state index in [0.717, 1.165) is 25.7 Å². The Morgan fingerprint density at radius 3 is 2.69 bits per heavy atom. The van der Waals surface area contributed by atoms with Gasteiger partial charge < -0.3 is 0 Å². The van der Waals surface area contributed by atoms with Crippen LogP contribution in [0.4, 0.5) is 0 Å². The number of allylic oxidation sites excluding steroid dienone is 3. The third-order valence-electron chi connectivity index (χ3n) is 1.99. The molecule has 0 unspecified atom stereocenters. The number of carbonyl (C=O) groups is 1. The summed E-state index contributed by atoms with van der Waals surface area (Å²) < 4.78 is 0. The number of ketones is 1. The zero-order valence-corrected chi connectivity index (χ0v) is 8.59. The summed E-state index contributed by atoms with van der Waals surface area (Å²) in [6.07, 6.45) is 11.8. The van der Waals surface area contributed by atoms with E-state index in [2.05, 4.69) is 12.7 Å². The van der Waals surface area contributed by atoms with Crippen LogP contribution in [-0.2, 0) is 4.79 Å². The molecule has 0 saturated heterocycles. The molecule has 0 aromatic carbocycles. The number of carbonyl (C=O) groups excluding carboxylic acids is 1. The molecule has 0 fully saturated rings. The molecule has 0 aliphatic heterocycles. The molecular weight excluding hydrogens is 160 g/mol. The van der Waals surface area contributed by atoms with Gasteiger partial charge in [-0.3, -0.25) is 4.79 Å². The van der Waals surface area contributed by atoms with Gasteiger partial charge in [0.2, 0.25) is 0 Å². The Hall–Kier alpha value is -0.850. The second kappa shape index (κ2) is 9.24. The zero-order valence-electron chi connectivity index (χ0n) is 8.59. The summed E-state index contributed by atoms with van der Waals surface area (Å²) in [4.78, 5) is 10.9. The predicted molar refractivity (Wildman–Crippen MR) is 57.7 cm³/mol. The SMILES string of the molecule is C=CC=CCCCCCC(=O)CC. The molecule has 0 rings (SSSR count). The number of hydrogen-bond donors (Lipinski definition) is 0. The van der Waals surface area contributed by atoms with Crippen LogP contribution in [0.1, 0.15) is 45.4 Å². The average Bonchev–Trinajstić information content (AvgIpc) is 2.16. The van der Waals surface area contributed by atoms with Crippen LogP contribution in [0, 0.1) is 0 Å². The predicted octanol–water partition coefficient (Wildman–Crippen LogP) is 3.66. The lowest BCUT2D eigenvalue weighted by Crippen LogP contribution is -1.93. The van der Waals surface area contributed by atoms with Crippen molar-refractivity contribution in [2.45, 2.75) is 45.4 Å². The molecule has 0 aromatic heterocycles. The summed E-state index contributed by atoms with van der Waals surface area (Å²) in [5, 5.41) is 0. The summed E-state index contributed by atoms with van der Waals surface area (Å²) in [5.41, 5.74) is 0. The number of unbranched alkanes of at least 4 members (excludes halogenated alkanes) is 3. The van der Waals surface area contributed by atoms with Crippen LogP contribution in [0.15, 0.2) is 24.8 Å². The van der Waals surface area contributed by atoms with Gasteiger partial charge >= 0.3 is 0 Å². The van der Waals surface area contributed by atoms with Crippen LogP contribution in [-0.4, -0.2) is 5.78 Å². The quantitative estimate of drug-likeness (QED) is 0.411. The smallest absolute Gasteiger partial charge is 0.132 e. The van der Waals surface area contributed by atoms with E-state index in [4.69, 9.17) is 0 Å². The molecule has 74 valence electrons. The molecular formula is C12H20O. The molecule has 0 N–H and O–H groups in total. The first-order valence-corrected chi connectivity index (χ1v) is 5.10. The summed E-state index contributed by atoms with van der Waals surface area (Å²) in [6, 6.07) is 0. The van der Waals surface area contributed by atoms with Crippen molar-refractivity contribution in [3.05, 3.63) is 24.8 Å². The van der Waals surface area contributed by atoms with Gasteiger partial charge in [-0.05, 0) is 19.3 Å². The van der Waals surface area contributed by atoms with Gasteiger partial charge in [-0.25, -0.2) is 0 Å². The highest BCUT2D eigenvalue weighted by molar-refractivity contribution is 5.77. The van der Waals surface area contributed by atoms with Gasteiger partial charge in [-0.15, -0.1) is 0 Å². The Morgan fingerprint density at radius 2 is 2.08 bits per heavy atom. The summed E-state index contributed by atoms with van der Waals surface area (Å²) in [6.45, 7) is 5.52. The highest BCUT2D eigenvalue weighted by Crippen LogP contribution is 2.05. The minimum absolute atomic E-state index is 0.390. The molecule has 0 radical (unpaired) electrons. The molecule has 0 saturated carbocycles. The normalized spacial score (nSPS) is 10.5. The lowest BCUT2D eigenvalue weighted by atomic mass is 10.1. The van der Waals surface area contributed by atoms with Gasteiger partial charge in [0, 0.05) is 12.8 Å². The minimum Gasteiger partial charge on any atom is -0.300 e. The van der Waals surface area contributed by atoms with Crippen molar-refractivity contribution in [1.82, 2.24) is 0 Å². The van der Waals surface area contributed by atoms with Crippen molar-refractivity contribution in [3.8, 4) is 0 Å². The van der Waals surface area contributed by atoms with Gasteiger partial charge in [-0.1, -0.05) is 38.2 Å². The number of Topliss-reactive ketones (excluding diaryl/α,β-unsaturated/α-hetero) is 1. The van der Waals surface area contributed by atoms with Crippen molar-refractivity contribution in [1.29, 1.82) is 0 Å². The van der Waals surface area contributed by atoms with Crippen LogP contribution in [0.5, 0.6) is 0 Å². The Kier molecular flexibility index (Phi) is 8.64. The molecule has 0 aliphatic rings. The number of rotatable bonds is 8. The monoisotopic (exact) mass is 180 g/mol. The maximum Gasteiger partial charge on any atom is 0.132 e. The second-order valence-electron chi connectivity index (χ2n) is 3.16. The molecule has 0 atom stereocenters. The van der Waals surface area contributed by atoms with E-state index in [-0.39, 0.29) is 0 Å². The minimum atomic E-state index is 0.390. The topological polar surface area (TPSA) is 17.1 Å². The lowest BCUT2D eigenvalue weighted by molar-refractivity contribution is -0.118. The standard InChI is InChI=1S/C12H20O/c1-3-5-6-7-8-9-10-11-12(13)4-2/h3,5-6H,1,4,7-11H2,2H3. The Morgan fingerprint density at radius 1 is 1.31 bits per heavy atom. The van der Waals surface area contributed by atoms with Gasteiger partial charge in [0.25, 0.3) is 0 Å². The van der Waals surface area contributed by atoms with Crippen LogP contribution in [0.3, 0.4) is 0 Å². The fourth-order valence-corrected chi connectivity index (χ4v) is 1.13. The van der Waals surface area contributed by atoms with Crippen molar-refractivity contribution in [2.75, 3.05) is 0 Å². The lowest BCUT2D eigenvalue weighted by Gasteiger charge is -1.96. The molecule has 1 heteroatoms. The Labute approximate surface area is 81.5 Å². The van der Waals surface area contributed by atoms with E-state index >= 15 is 0 Å². The van der Waals surface area contributed by atoms with E-state index in [0.29, 0.717) is 12.2 Å². The fourth-order valence-electron chi connectivity index (χ4n) is 1.13. The third kappa shape index (κ3) is 9.06. The van der Waals surface area contributed by atoms with Gasteiger partial charge in [0.1, 0.15) is 5.78 Å². The largest absolute Gasteiger partial charge is 0.300 e. The van der Waals surface area contributed by atoms with Crippen LogP contribution in [0.2, 0.25) is 0 Å². The average molecular weight is 180 g/mol. The second-order valence-corrected chi connectivity index (χ2v) is 3.16. The van der Waals surface area contributed by atoms with Crippen molar-refractivity contribution >= 4 is 5.78 Å². The third-order valence-corrected chi connectivity index (χ3v) is 1.99. The van der Waals surface area contributed by atoms with Crippen LogP contribution < -0.4 is 0 Å². The molecule has 1 nitrogen and oxygen atoms in total. The number of hydrogen-bond acceptors (Lipinski definition) is 1. The fraction of sp³-hybridized carbons (Fsp3) is 0.583. The highest BCUT2D eigenvalue weighted by Gasteiger charge is 1.96. The maximum absolute atomic E-state index is 10.9. The van der Waals surface area contributed by atoms with E-state index in [9.17, 15) is 4.79 Å². The van der Waals surface area contributed by atoms with E-state index in [1.54, 1.807) is 6.08 Å². The maximum atomic E-state index is 10.9. The van der Waals surface area contributed by atoms with E-state index < -0.39 is 0 Å². The van der Waals surface area contributed by atoms with Crippen molar-refractivity contribution in [2.24, 2.45) is 0 Å². The first-order chi connectivity index (χ1) is 6.31. The Balaban J connectivity index is 3.12. The van der Waals surface area contributed by atoms with Crippen LogP contribution >= 0.6 is 0 Å². The summed E-state index contributed by atoms with van der Waals surface area (Å²) >= 11 is 0.